The van der Waals surface area contributed by atoms with Crippen LogP contribution in [0.1, 0.15) is 37.8 Å². The van der Waals surface area contributed by atoms with E-state index in [9.17, 15) is 4.79 Å². The minimum atomic E-state index is -0.694. The summed E-state index contributed by atoms with van der Waals surface area (Å²) in [5.74, 6) is 0.717. The maximum absolute atomic E-state index is 13.0. The maximum atomic E-state index is 13.0. The van der Waals surface area contributed by atoms with Gasteiger partial charge in [0.2, 0.25) is 5.91 Å². The van der Waals surface area contributed by atoms with Crippen LogP contribution in [-0.2, 0) is 15.7 Å². The van der Waals surface area contributed by atoms with Crippen molar-refractivity contribution in [3.05, 3.63) is 64.7 Å². The molecule has 1 fully saturated rings. The van der Waals surface area contributed by atoms with Gasteiger partial charge in [-0.1, -0.05) is 41.9 Å². The van der Waals surface area contributed by atoms with Crippen LogP contribution in [0.5, 0.6) is 5.75 Å². The van der Waals surface area contributed by atoms with E-state index in [1.54, 1.807) is 7.11 Å². The van der Waals surface area contributed by atoms with Gasteiger partial charge in [0, 0.05) is 10.6 Å². The number of nitrogens with one attached hydrogen (secondary N) is 1. The molecular weight excluding hydrogens is 322 g/mol. The predicted octanol–water partition coefficient (Wildman–Crippen LogP) is 4.43. The number of carbonyl (C=O) groups excluding carboxylic acids is 1. The number of hydrogen-bond acceptors (Lipinski definition) is 2. The zero-order valence-corrected chi connectivity index (χ0v) is 15.0. The van der Waals surface area contributed by atoms with Gasteiger partial charge in [-0.3, -0.25) is 4.79 Å². The van der Waals surface area contributed by atoms with Gasteiger partial charge in [-0.05, 0) is 50.5 Å². The molecule has 4 heteroatoms. The van der Waals surface area contributed by atoms with Crippen LogP contribution in [0.2, 0.25) is 5.02 Å². The molecule has 1 N–H and O–H groups in total. The lowest BCUT2D eigenvalue weighted by atomic mass is 9.82. The Kier molecular flexibility index (Phi) is 4.31. The van der Waals surface area contributed by atoms with E-state index in [2.05, 4.69) is 5.32 Å². The summed E-state index contributed by atoms with van der Waals surface area (Å²) in [6, 6.07) is 15.4. The van der Waals surface area contributed by atoms with E-state index in [0.717, 1.165) is 29.7 Å². The van der Waals surface area contributed by atoms with Crippen molar-refractivity contribution in [2.45, 2.75) is 37.6 Å². The highest BCUT2D eigenvalue weighted by Crippen LogP contribution is 2.47. The van der Waals surface area contributed by atoms with Crippen LogP contribution >= 0.6 is 11.6 Å². The van der Waals surface area contributed by atoms with Crippen LogP contribution < -0.4 is 10.1 Å². The van der Waals surface area contributed by atoms with Crippen molar-refractivity contribution < 1.29 is 9.53 Å². The molecule has 0 bridgehead atoms. The van der Waals surface area contributed by atoms with Crippen LogP contribution in [0.4, 0.5) is 0 Å². The molecule has 1 saturated carbocycles. The molecule has 2 aromatic rings. The summed E-state index contributed by atoms with van der Waals surface area (Å²) in [5.41, 5.74) is 0.966. The minimum absolute atomic E-state index is 0.00974. The molecule has 0 radical (unpaired) electrons. The lowest BCUT2D eigenvalue weighted by molar-refractivity contribution is -0.126. The van der Waals surface area contributed by atoms with E-state index in [1.165, 1.54) is 0 Å². The molecule has 0 aromatic heterocycles. The van der Waals surface area contributed by atoms with Crippen molar-refractivity contribution >= 4 is 17.5 Å². The Morgan fingerprint density at radius 2 is 1.88 bits per heavy atom. The summed E-state index contributed by atoms with van der Waals surface area (Å²) < 4.78 is 5.43. The van der Waals surface area contributed by atoms with Gasteiger partial charge in [0.1, 0.15) is 5.75 Å². The number of methoxy groups -OCH3 is 1. The van der Waals surface area contributed by atoms with E-state index in [4.69, 9.17) is 16.3 Å². The van der Waals surface area contributed by atoms with Gasteiger partial charge >= 0.3 is 0 Å². The van der Waals surface area contributed by atoms with Crippen molar-refractivity contribution in [1.29, 1.82) is 0 Å². The molecule has 0 spiro atoms. The first-order valence-corrected chi connectivity index (χ1v) is 8.49. The first-order chi connectivity index (χ1) is 11.4. The number of hydrogen-bond donors (Lipinski definition) is 1. The monoisotopic (exact) mass is 343 g/mol. The van der Waals surface area contributed by atoms with Crippen molar-refractivity contribution in [1.82, 2.24) is 5.32 Å². The zero-order chi connectivity index (χ0) is 17.4. The molecule has 0 unspecified atom stereocenters. The molecule has 1 aliphatic carbocycles. The Balaban J connectivity index is 1.86. The Morgan fingerprint density at radius 1 is 1.17 bits per heavy atom. The third-order valence-electron chi connectivity index (χ3n) is 4.83. The van der Waals surface area contributed by atoms with Crippen molar-refractivity contribution in [3.63, 3.8) is 0 Å². The third-order valence-corrected chi connectivity index (χ3v) is 5.06. The van der Waals surface area contributed by atoms with E-state index < -0.39 is 5.41 Å². The standard InChI is InChI=1S/C20H22ClNO2/c1-19(2,16-9-4-5-10-17(16)24-3)18(23)22-20(11-12-20)14-7-6-8-15(21)13-14/h4-10,13H,11-12H2,1-3H3,(H,22,23). The molecule has 3 rings (SSSR count). The average Bonchev–Trinajstić information content (AvgIpc) is 3.35. The molecule has 24 heavy (non-hydrogen) atoms. The van der Waals surface area contributed by atoms with E-state index >= 15 is 0 Å². The Hall–Kier alpha value is -2.00. The minimum Gasteiger partial charge on any atom is -0.496 e. The Labute approximate surface area is 148 Å². The molecule has 126 valence electrons. The molecule has 3 nitrogen and oxygen atoms in total. The Bertz CT molecular complexity index is 766. The topological polar surface area (TPSA) is 38.3 Å². The van der Waals surface area contributed by atoms with Gasteiger partial charge in [-0.25, -0.2) is 0 Å². The molecule has 0 aliphatic heterocycles. The van der Waals surface area contributed by atoms with Gasteiger partial charge in [0.05, 0.1) is 18.1 Å². The highest BCUT2D eigenvalue weighted by Gasteiger charge is 2.48. The predicted molar refractivity (Wildman–Crippen MR) is 96.5 cm³/mol. The summed E-state index contributed by atoms with van der Waals surface area (Å²) in [5, 5.41) is 3.94. The average molecular weight is 344 g/mol. The number of para-hydroxylation sites is 1. The Morgan fingerprint density at radius 3 is 2.50 bits per heavy atom. The van der Waals surface area contributed by atoms with Crippen LogP contribution in [0.15, 0.2) is 48.5 Å². The fourth-order valence-electron chi connectivity index (χ4n) is 3.05. The van der Waals surface area contributed by atoms with Crippen LogP contribution in [0, 0.1) is 0 Å². The van der Waals surface area contributed by atoms with Gasteiger partial charge in [-0.2, -0.15) is 0 Å². The molecule has 1 amide bonds. The first-order valence-electron chi connectivity index (χ1n) is 8.11. The SMILES string of the molecule is COc1ccccc1C(C)(C)C(=O)NC1(c2cccc(Cl)c2)CC1. The van der Waals surface area contributed by atoms with Gasteiger partial charge in [0.15, 0.2) is 0 Å². The highest BCUT2D eigenvalue weighted by molar-refractivity contribution is 6.30. The maximum Gasteiger partial charge on any atom is 0.230 e. The van der Waals surface area contributed by atoms with Crippen LogP contribution in [0.25, 0.3) is 0 Å². The molecule has 0 atom stereocenters. The zero-order valence-electron chi connectivity index (χ0n) is 14.2. The number of benzene rings is 2. The number of amides is 1. The van der Waals surface area contributed by atoms with E-state index in [1.807, 2.05) is 62.4 Å². The lowest BCUT2D eigenvalue weighted by Gasteiger charge is -2.29. The molecule has 2 aromatic carbocycles. The summed E-state index contributed by atoms with van der Waals surface area (Å²) in [7, 11) is 1.63. The number of ether oxygens (including phenoxy) is 1. The quantitative estimate of drug-likeness (QED) is 0.872. The number of carbonyl (C=O) groups is 1. The van der Waals surface area contributed by atoms with Crippen LogP contribution in [-0.4, -0.2) is 13.0 Å². The van der Waals surface area contributed by atoms with Gasteiger partial charge in [0.25, 0.3) is 0 Å². The molecule has 0 heterocycles. The summed E-state index contributed by atoms with van der Waals surface area (Å²) in [6.45, 7) is 3.85. The van der Waals surface area contributed by atoms with E-state index in [-0.39, 0.29) is 11.4 Å². The van der Waals surface area contributed by atoms with Crippen LogP contribution in [0.3, 0.4) is 0 Å². The largest absolute Gasteiger partial charge is 0.496 e. The molecule has 1 aliphatic rings. The second-order valence-corrected chi connectivity index (χ2v) is 7.31. The fraction of sp³-hybridized carbons (Fsp3) is 0.350. The summed E-state index contributed by atoms with van der Waals surface area (Å²) >= 11 is 6.11. The van der Waals surface area contributed by atoms with Crippen molar-refractivity contribution in [2.75, 3.05) is 7.11 Å². The molecular formula is C20H22ClNO2. The second kappa shape index (κ2) is 6.14. The third kappa shape index (κ3) is 3.01. The van der Waals surface area contributed by atoms with E-state index in [0.29, 0.717) is 5.02 Å². The summed E-state index contributed by atoms with van der Waals surface area (Å²) in [6.07, 6.45) is 1.86. The first kappa shape index (κ1) is 16.8. The van der Waals surface area contributed by atoms with Crippen molar-refractivity contribution in [2.24, 2.45) is 0 Å². The smallest absolute Gasteiger partial charge is 0.230 e. The number of halogens is 1. The second-order valence-electron chi connectivity index (χ2n) is 6.87. The fourth-order valence-corrected chi connectivity index (χ4v) is 3.24. The molecule has 0 saturated heterocycles. The lowest BCUT2D eigenvalue weighted by Crippen LogP contribution is -2.45. The number of rotatable bonds is 5. The normalized spacial score (nSPS) is 15.7. The van der Waals surface area contributed by atoms with Crippen molar-refractivity contribution in [3.8, 4) is 5.75 Å². The highest BCUT2D eigenvalue weighted by atomic mass is 35.5. The van der Waals surface area contributed by atoms with Gasteiger partial charge < -0.3 is 10.1 Å². The summed E-state index contributed by atoms with van der Waals surface area (Å²) in [4.78, 5) is 13.0. The van der Waals surface area contributed by atoms with Gasteiger partial charge in [-0.15, -0.1) is 0 Å².